The third-order valence-electron chi connectivity index (χ3n) is 3.59. The van der Waals surface area contributed by atoms with E-state index >= 15 is 0 Å². The fraction of sp³-hybridized carbons (Fsp3) is 0.429. The van der Waals surface area contributed by atoms with Crippen molar-refractivity contribution in [1.82, 2.24) is 5.32 Å². The largest absolute Gasteiger partial charge is 0.310 e. The van der Waals surface area contributed by atoms with Crippen molar-refractivity contribution in [2.45, 2.75) is 31.3 Å². The molecule has 1 amide bonds. The number of hydrogen-bond acceptors (Lipinski definition) is 3. The van der Waals surface area contributed by atoms with Crippen molar-refractivity contribution in [3.05, 3.63) is 28.8 Å². The van der Waals surface area contributed by atoms with E-state index in [0.29, 0.717) is 28.9 Å². The molecule has 3 rings (SSSR count). The molecular formula is C14H14ClN3O. The first-order chi connectivity index (χ1) is 9.19. The smallest absolute Gasteiger partial charge is 0.244 e. The van der Waals surface area contributed by atoms with Gasteiger partial charge in [-0.05, 0) is 37.5 Å². The monoisotopic (exact) mass is 275 g/mol. The standard InChI is InChI=1S/C14H14ClN3O/c15-10-2-1-9(8-16)13(7-10)18-6-5-12(14(18)19)17-11-3-4-11/h1-2,7,11-12,17H,3-6H2. The summed E-state index contributed by atoms with van der Waals surface area (Å²) in [6.07, 6.45) is 3.10. The summed E-state index contributed by atoms with van der Waals surface area (Å²) in [6, 6.07) is 7.53. The Morgan fingerprint density at radius 3 is 2.84 bits per heavy atom. The molecule has 1 aliphatic carbocycles. The maximum Gasteiger partial charge on any atom is 0.244 e. The van der Waals surface area contributed by atoms with Crippen molar-refractivity contribution < 1.29 is 4.79 Å². The highest BCUT2D eigenvalue weighted by Crippen LogP contribution is 2.29. The van der Waals surface area contributed by atoms with Crippen LogP contribution in [0.4, 0.5) is 5.69 Å². The number of nitrogens with one attached hydrogen (secondary N) is 1. The van der Waals surface area contributed by atoms with Crippen LogP contribution in [-0.2, 0) is 4.79 Å². The Hall–Kier alpha value is -1.57. The highest BCUT2D eigenvalue weighted by molar-refractivity contribution is 6.31. The van der Waals surface area contributed by atoms with E-state index in [9.17, 15) is 4.79 Å². The van der Waals surface area contributed by atoms with Crippen LogP contribution in [0.3, 0.4) is 0 Å². The van der Waals surface area contributed by atoms with E-state index in [1.807, 2.05) is 0 Å². The van der Waals surface area contributed by atoms with Crippen LogP contribution in [-0.4, -0.2) is 24.5 Å². The van der Waals surface area contributed by atoms with Crippen LogP contribution in [0.15, 0.2) is 18.2 Å². The predicted molar refractivity (Wildman–Crippen MR) is 73.1 cm³/mol. The highest BCUT2D eigenvalue weighted by atomic mass is 35.5. The number of hydrogen-bond donors (Lipinski definition) is 1. The third-order valence-corrected chi connectivity index (χ3v) is 3.83. The Morgan fingerprint density at radius 2 is 2.16 bits per heavy atom. The number of nitriles is 1. The summed E-state index contributed by atoms with van der Waals surface area (Å²) in [5.41, 5.74) is 1.12. The van der Waals surface area contributed by atoms with Crippen molar-refractivity contribution >= 4 is 23.2 Å². The summed E-state index contributed by atoms with van der Waals surface area (Å²) in [4.78, 5) is 14.0. The number of benzene rings is 1. The van der Waals surface area contributed by atoms with E-state index in [4.69, 9.17) is 16.9 Å². The molecule has 0 bridgehead atoms. The van der Waals surface area contributed by atoms with Crippen molar-refractivity contribution in [3.8, 4) is 6.07 Å². The lowest BCUT2D eigenvalue weighted by molar-refractivity contribution is -0.118. The molecule has 5 heteroatoms. The molecule has 19 heavy (non-hydrogen) atoms. The maximum absolute atomic E-state index is 12.4. The molecule has 1 unspecified atom stereocenters. The van der Waals surface area contributed by atoms with Crippen LogP contribution in [0.1, 0.15) is 24.8 Å². The van der Waals surface area contributed by atoms with Gasteiger partial charge in [0.25, 0.3) is 0 Å². The fourth-order valence-electron chi connectivity index (χ4n) is 2.43. The number of amides is 1. The van der Waals surface area contributed by atoms with Gasteiger partial charge in [-0.2, -0.15) is 5.26 Å². The van der Waals surface area contributed by atoms with Crippen LogP contribution in [0.25, 0.3) is 0 Å². The van der Waals surface area contributed by atoms with Crippen molar-refractivity contribution in [2.75, 3.05) is 11.4 Å². The summed E-state index contributed by atoms with van der Waals surface area (Å²) < 4.78 is 0. The average molecular weight is 276 g/mol. The molecule has 1 atom stereocenters. The minimum atomic E-state index is -0.113. The molecule has 1 aromatic rings. The van der Waals surface area contributed by atoms with Gasteiger partial charge in [-0.25, -0.2) is 0 Å². The number of carbonyl (C=O) groups excluding carboxylic acids is 1. The van der Waals surface area contributed by atoms with Crippen molar-refractivity contribution in [1.29, 1.82) is 5.26 Å². The Kier molecular flexibility index (Phi) is 3.17. The van der Waals surface area contributed by atoms with Gasteiger partial charge in [0.2, 0.25) is 5.91 Å². The molecule has 1 saturated heterocycles. The highest BCUT2D eigenvalue weighted by Gasteiger charge is 2.36. The van der Waals surface area contributed by atoms with Gasteiger partial charge in [-0.1, -0.05) is 11.6 Å². The quantitative estimate of drug-likeness (QED) is 0.919. The topological polar surface area (TPSA) is 56.1 Å². The lowest BCUT2D eigenvalue weighted by Gasteiger charge is -2.18. The number of carbonyl (C=O) groups is 1. The zero-order valence-corrected chi connectivity index (χ0v) is 11.2. The maximum atomic E-state index is 12.4. The van der Waals surface area contributed by atoms with E-state index in [-0.39, 0.29) is 11.9 Å². The fourth-order valence-corrected chi connectivity index (χ4v) is 2.60. The molecule has 0 radical (unpaired) electrons. The Morgan fingerprint density at radius 1 is 1.37 bits per heavy atom. The van der Waals surface area contributed by atoms with Crippen molar-refractivity contribution in [2.24, 2.45) is 0 Å². The summed E-state index contributed by atoms with van der Waals surface area (Å²) >= 11 is 5.97. The van der Waals surface area contributed by atoms with Gasteiger partial charge in [-0.15, -0.1) is 0 Å². The van der Waals surface area contributed by atoms with Crippen LogP contribution >= 0.6 is 11.6 Å². The molecule has 1 aromatic carbocycles. The van der Waals surface area contributed by atoms with Crippen LogP contribution in [0.5, 0.6) is 0 Å². The van der Waals surface area contributed by atoms with Gasteiger partial charge in [0, 0.05) is 17.6 Å². The number of anilines is 1. The summed E-state index contributed by atoms with van der Waals surface area (Å²) in [5, 5.41) is 13.0. The minimum absolute atomic E-state index is 0.0469. The van der Waals surface area contributed by atoms with Gasteiger partial charge < -0.3 is 10.2 Å². The number of rotatable bonds is 3. The Balaban J connectivity index is 1.84. The second-order valence-electron chi connectivity index (χ2n) is 5.05. The Bertz CT molecular complexity index is 562. The summed E-state index contributed by atoms with van der Waals surface area (Å²) in [7, 11) is 0. The average Bonchev–Trinajstić information content (AvgIpc) is 3.14. The summed E-state index contributed by atoms with van der Waals surface area (Å²) in [5.74, 6) is 0.0469. The number of nitrogens with zero attached hydrogens (tertiary/aromatic N) is 2. The first-order valence-electron chi connectivity index (χ1n) is 6.46. The lowest BCUT2D eigenvalue weighted by Crippen LogP contribution is -2.39. The molecular weight excluding hydrogens is 262 g/mol. The van der Waals surface area contributed by atoms with E-state index < -0.39 is 0 Å². The molecule has 1 aliphatic heterocycles. The molecule has 0 spiro atoms. The molecule has 4 nitrogen and oxygen atoms in total. The third kappa shape index (κ3) is 2.44. The summed E-state index contributed by atoms with van der Waals surface area (Å²) in [6.45, 7) is 0.637. The Labute approximate surface area is 117 Å². The van der Waals surface area contributed by atoms with E-state index in [2.05, 4.69) is 11.4 Å². The van der Waals surface area contributed by atoms with E-state index in [1.165, 1.54) is 0 Å². The second-order valence-corrected chi connectivity index (χ2v) is 5.48. The van der Waals surface area contributed by atoms with Crippen LogP contribution in [0, 0.1) is 11.3 Å². The van der Waals surface area contributed by atoms with Gasteiger partial charge in [0.1, 0.15) is 6.07 Å². The molecule has 2 fully saturated rings. The van der Waals surface area contributed by atoms with Crippen LogP contribution in [0.2, 0.25) is 5.02 Å². The molecule has 1 heterocycles. The van der Waals surface area contributed by atoms with E-state index in [1.54, 1.807) is 23.1 Å². The van der Waals surface area contributed by atoms with Gasteiger partial charge in [0.05, 0.1) is 17.3 Å². The lowest BCUT2D eigenvalue weighted by atomic mass is 10.2. The molecule has 1 N–H and O–H groups in total. The first kappa shape index (κ1) is 12.5. The van der Waals surface area contributed by atoms with Crippen molar-refractivity contribution in [3.63, 3.8) is 0 Å². The van der Waals surface area contributed by atoms with E-state index in [0.717, 1.165) is 19.3 Å². The van der Waals surface area contributed by atoms with Crippen LogP contribution < -0.4 is 10.2 Å². The second kappa shape index (κ2) is 4.84. The first-order valence-corrected chi connectivity index (χ1v) is 6.84. The predicted octanol–water partition coefficient (Wildman–Crippen LogP) is 2.07. The molecule has 0 aromatic heterocycles. The zero-order valence-electron chi connectivity index (χ0n) is 10.4. The molecule has 2 aliphatic rings. The SMILES string of the molecule is N#Cc1ccc(Cl)cc1N1CCC(NC2CC2)C1=O. The zero-order chi connectivity index (χ0) is 13.4. The molecule has 1 saturated carbocycles. The van der Waals surface area contributed by atoms with Gasteiger partial charge in [-0.3, -0.25) is 4.79 Å². The molecule has 98 valence electrons. The van der Waals surface area contributed by atoms with Gasteiger partial charge in [0.15, 0.2) is 0 Å². The normalized spacial score (nSPS) is 22.6. The van der Waals surface area contributed by atoms with Gasteiger partial charge >= 0.3 is 0 Å². The number of halogens is 1. The minimum Gasteiger partial charge on any atom is -0.310 e.